The highest BCUT2D eigenvalue weighted by Crippen LogP contribution is 2.36. The van der Waals surface area contributed by atoms with Crippen LogP contribution in [-0.4, -0.2) is 36.8 Å². The van der Waals surface area contributed by atoms with Crippen LogP contribution in [-0.2, 0) is 14.3 Å². The van der Waals surface area contributed by atoms with Gasteiger partial charge in [-0.3, -0.25) is 14.2 Å². The molecule has 4 rings (SSSR count). The average Bonchev–Trinajstić information content (AvgIpc) is 3.21. The van der Waals surface area contributed by atoms with Gasteiger partial charge < -0.3 is 18.9 Å². The smallest absolute Gasteiger partial charge is 0.338 e. The maximum absolute atomic E-state index is 13.9. The number of hydrogen-bond acceptors (Lipinski definition) is 9. The van der Waals surface area contributed by atoms with Crippen molar-refractivity contribution in [3.05, 3.63) is 84.5 Å². The van der Waals surface area contributed by atoms with E-state index in [1.807, 2.05) is 45.0 Å². The third kappa shape index (κ3) is 6.17. The fourth-order valence-corrected chi connectivity index (χ4v) is 5.32. The molecule has 0 N–H and O–H groups in total. The van der Waals surface area contributed by atoms with Gasteiger partial charge in [-0.05, 0) is 61.2 Å². The summed E-state index contributed by atoms with van der Waals surface area (Å²) in [5.74, 6) is 0.359. The molecule has 210 valence electrons. The Morgan fingerprint density at radius 3 is 2.48 bits per heavy atom. The van der Waals surface area contributed by atoms with Crippen molar-refractivity contribution in [2.24, 2.45) is 10.9 Å². The van der Waals surface area contributed by atoms with Crippen molar-refractivity contribution in [1.29, 1.82) is 0 Å². The first-order valence-corrected chi connectivity index (χ1v) is 13.7. The van der Waals surface area contributed by atoms with Crippen LogP contribution in [0.25, 0.3) is 6.08 Å². The van der Waals surface area contributed by atoms with Gasteiger partial charge in [0.05, 0.1) is 42.2 Å². The van der Waals surface area contributed by atoms with Crippen molar-refractivity contribution in [3.63, 3.8) is 0 Å². The van der Waals surface area contributed by atoms with E-state index < -0.39 is 18.0 Å². The molecule has 1 aromatic heterocycles. The van der Waals surface area contributed by atoms with Crippen LogP contribution >= 0.6 is 11.3 Å². The number of ether oxygens (including phenoxy) is 4. The summed E-state index contributed by atoms with van der Waals surface area (Å²) >= 11 is 1.24. The van der Waals surface area contributed by atoms with Gasteiger partial charge in [0.15, 0.2) is 16.3 Å². The summed E-state index contributed by atoms with van der Waals surface area (Å²) in [7, 11) is 1.59. The van der Waals surface area contributed by atoms with Crippen molar-refractivity contribution in [3.8, 4) is 17.2 Å². The van der Waals surface area contributed by atoms with Gasteiger partial charge in [0.1, 0.15) is 5.75 Å². The van der Waals surface area contributed by atoms with Crippen molar-refractivity contribution in [1.82, 2.24) is 4.57 Å². The number of carbonyl (C=O) groups is 2. The Kier molecular flexibility index (Phi) is 8.89. The highest BCUT2D eigenvalue weighted by atomic mass is 32.1. The summed E-state index contributed by atoms with van der Waals surface area (Å²) in [4.78, 5) is 44.0. The molecule has 0 amide bonds. The van der Waals surface area contributed by atoms with Gasteiger partial charge in [-0.15, -0.1) is 0 Å². The standard InChI is InChI=1S/C30H32N2O7S/c1-7-37-24-15-21(10-13-23(24)39-19(5)33)27-26(29(35)38-16-17(2)3)18(4)31-30-32(27)28(34)25(40-30)14-20-8-11-22(36-6)12-9-20/h8-15,17,27H,7,16H2,1-6H3/b25-14+. The quantitative estimate of drug-likeness (QED) is 0.288. The Labute approximate surface area is 236 Å². The molecule has 1 aliphatic heterocycles. The number of esters is 2. The lowest BCUT2D eigenvalue weighted by Gasteiger charge is -2.25. The lowest BCUT2D eigenvalue weighted by molar-refractivity contribution is -0.140. The lowest BCUT2D eigenvalue weighted by Crippen LogP contribution is -2.40. The first-order chi connectivity index (χ1) is 19.1. The number of nitrogens with zero attached hydrogens (tertiary/aromatic N) is 2. The molecule has 10 heteroatoms. The molecule has 0 radical (unpaired) electrons. The average molecular weight is 565 g/mol. The molecule has 0 fully saturated rings. The summed E-state index contributed by atoms with van der Waals surface area (Å²) in [6.45, 7) is 9.28. The number of hydrogen-bond donors (Lipinski definition) is 0. The van der Waals surface area contributed by atoms with Crippen molar-refractivity contribution >= 4 is 29.4 Å². The molecule has 1 unspecified atom stereocenters. The Bertz CT molecular complexity index is 1630. The molecule has 0 saturated heterocycles. The Hall–Kier alpha value is -4.18. The van der Waals surface area contributed by atoms with Gasteiger partial charge in [0, 0.05) is 6.92 Å². The maximum Gasteiger partial charge on any atom is 0.338 e. The Morgan fingerprint density at radius 2 is 1.85 bits per heavy atom. The van der Waals surface area contributed by atoms with Crippen LogP contribution < -0.4 is 29.1 Å². The largest absolute Gasteiger partial charge is 0.497 e. The second kappa shape index (κ2) is 12.3. The van der Waals surface area contributed by atoms with E-state index >= 15 is 0 Å². The first kappa shape index (κ1) is 28.8. The second-order valence-electron chi connectivity index (χ2n) is 9.58. The number of allylic oxidation sites excluding steroid dienone is 1. The third-order valence-electron chi connectivity index (χ3n) is 6.04. The van der Waals surface area contributed by atoms with Crippen LogP contribution in [0.2, 0.25) is 0 Å². The summed E-state index contributed by atoms with van der Waals surface area (Å²) < 4.78 is 23.9. The van der Waals surface area contributed by atoms with E-state index in [4.69, 9.17) is 18.9 Å². The van der Waals surface area contributed by atoms with Gasteiger partial charge in [-0.2, -0.15) is 0 Å². The highest BCUT2D eigenvalue weighted by molar-refractivity contribution is 7.07. The number of benzene rings is 2. The zero-order valence-corrected chi connectivity index (χ0v) is 24.2. The Balaban J connectivity index is 1.91. The van der Waals surface area contributed by atoms with Gasteiger partial charge in [0.2, 0.25) is 0 Å². The van der Waals surface area contributed by atoms with Gasteiger partial charge in [-0.1, -0.05) is 43.4 Å². The van der Waals surface area contributed by atoms with Gasteiger partial charge in [0.25, 0.3) is 5.56 Å². The number of rotatable bonds is 9. The fraction of sp³-hybridized carbons (Fsp3) is 0.333. The van der Waals surface area contributed by atoms with E-state index in [1.54, 1.807) is 38.3 Å². The summed E-state index contributed by atoms with van der Waals surface area (Å²) in [5.41, 5.74) is 1.82. The molecule has 9 nitrogen and oxygen atoms in total. The van der Waals surface area contributed by atoms with Crippen molar-refractivity contribution in [2.45, 2.75) is 40.7 Å². The maximum atomic E-state index is 13.9. The predicted octanol–water partition coefficient (Wildman–Crippen LogP) is 3.77. The molecule has 0 aliphatic carbocycles. The molecule has 2 aromatic carbocycles. The minimum atomic E-state index is -0.834. The normalized spacial score (nSPS) is 15.0. The van der Waals surface area contributed by atoms with Gasteiger partial charge >= 0.3 is 11.9 Å². The van der Waals surface area contributed by atoms with E-state index in [1.165, 1.54) is 22.8 Å². The SMILES string of the molecule is CCOc1cc(C2C(C(=O)OCC(C)C)=C(C)N=c3s/c(=C/c4ccc(OC)cc4)c(=O)n32)ccc1OC(C)=O. The van der Waals surface area contributed by atoms with E-state index in [0.29, 0.717) is 38.7 Å². The molecule has 40 heavy (non-hydrogen) atoms. The van der Waals surface area contributed by atoms with Crippen LogP contribution in [0.1, 0.15) is 51.8 Å². The first-order valence-electron chi connectivity index (χ1n) is 12.9. The van der Waals surface area contributed by atoms with Crippen LogP contribution in [0, 0.1) is 5.92 Å². The summed E-state index contributed by atoms with van der Waals surface area (Å²) in [6.07, 6.45) is 1.78. The van der Waals surface area contributed by atoms with E-state index in [0.717, 1.165) is 5.56 Å². The monoisotopic (exact) mass is 564 g/mol. The van der Waals surface area contributed by atoms with Crippen LogP contribution in [0.5, 0.6) is 17.2 Å². The molecule has 1 atom stereocenters. The van der Waals surface area contributed by atoms with Crippen molar-refractivity contribution < 1.29 is 28.5 Å². The van der Waals surface area contributed by atoms with Crippen LogP contribution in [0.15, 0.2) is 63.5 Å². The van der Waals surface area contributed by atoms with E-state index in [2.05, 4.69) is 4.99 Å². The van der Waals surface area contributed by atoms with Crippen molar-refractivity contribution in [2.75, 3.05) is 20.3 Å². The molecule has 0 bridgehead atoms. The topological polar surface area (TPSA) is 105 Å². The fourth-order valence-electron chi connectivity index (χ4n) is 4.27. The lowest BCUT2D eigenvalue weighted by atomic mass is 9.95. The third-order valence-corrected chi connectivity index (χ3v) is 7.02. The zero-order valence-electron chi connectivity index (χ0n) is 23.3. The van der Waals surface area contributed by atoms with E-state index in [-0.39, 0.29) is 29.4 Å². The Morgan fingerprint density at radius 1 is 1.12 bits per heavy atom. The number of thiazole rings is 1. The van der Waals surface area contributed by atoms with E-state index in [9.17, 15) is 14.4 Å². The van der Waals surface area contributed by atoms with Crippen LogP contribution in [0.4, 0.5) is 0 Å². The molecule has 0 saturated carbocycles. The number of carbonyl (C=O) groups excluding carboxylic acids is 2. The van der Waals surface area contributed by atoms with Gasteiger partial charge in [-0.25, -0.2) is 9.79 Å². The molecule has 0 spiro atoms. The highest BCUT2D eigenvalue weighted by Gasteiger charge is 2.34. The molecule has 1 aliphatic rings. The second-order valence-corrected chi connectivity index (χ2v) is 10.6. The predicted molar refractivity (Wildman–Crippen MR) is 151 cm³/mol. The molecule has 2 heterocycles. The minimum Gasteiger partial charge on any atom is -0.497 e. The molecule has 3 aromatic rings. The number of fused-ring (bicyclic) bond motifs is 1. The number of methoxy groups -OCH3 is 1. The molecular weight excluding hydrogens is 532 g/mol. The summed E-state index contributed by atoms with van der Waals surface area (Å²) in [5, 5.41) is 0. The minimum absolute atomic E-state index is 0.126. The number of aromatic nitrogens is 1. The summed E-state index contributed by atoms with van der Waals surface area (Å²) in [6, 6.07) is 11.5. The molecular formula is C30H32N2O7S. The zero-order chi connectivity index (χ0) is 29.0. The van der Waals surface area contributed by atoms with Crippen LogP contribution in [0.3, 0.4) is 0 Å².